The Morgan fingerprint density at radius 3 is 2.26 bits per heavy atom. The van der Waals surface area contributed by atoms with Crippen LogP contribution < -0.4 is 10.6 Å². The van der Waals surface area contributed by atoms with Gasteiger partial charge in [-0.15, -0.1) is 0 Å². The minimum absolute atomic E-state index is 0.115. The summed E-state index contributed by atoms with van der Waals surface area (Å²) in [7, 11) is 1.57. The van der Waals surface area contributed by atoms with Crippen molar-refractivity contribution < 1.29 is 19.1 Å². The molecule has 2 N–H and O–H groups in total. The highest BCUT2D eigenvalue weighted by Crippen LogP contribution is 2.23. The number of hydrogen-bond donors (Lipinski definition) is 2. The summed E-state index contributed by atoms with van der Waals surface area (Å²) in [6.45, 7) is 12.8. The number of carbonyl (C=O) groups excluding carboxylic acids is 3. The Morgan fingerprint density at radius 1 is 1.03 bits per heavy atom. The fourth-order valence-corrected chi connectivity index (χ4v) is 3.64. The molecule has 0 saturated heterocycles. The quantitative estimate of drug-likeness (QED) is 0.555. The molecule has 2 unspecified atom stereocenters. The summed E-state index contributed by atoms with van der Waals surface area (Å²) in [4.78, 5) is 41.0. The number of likely N-dealkylation sites (N-methyl/N-ethyl adjacent to an activating group) is 1. The van der Waals surface area contributed by atoms with Crippen LogP contribution in [0.5, 0.6) is 0 Å². The van der Waals surface area contributed by atoms with E-state index in [2.05, 4.69) is 17.2 Å². The lowest BCUT2D eigenvalue weighted by atomic mass is 9.99. The number of benzene rings is 2. The van der Waals surface area contributed by atoms with Crippen LogP contribution in [-0.4, -0.2) is 47.5 Å². The Balaban J connectivity index is 2.42. The van der Waals surface area contributed by atoms with Crippen molar-refractivity contribution in [2.45, 2.75) is 64.8 Å². The molecule has 0 aliphatic heterocycles. The topological polar surface area (TPSA) is 87.7 Å². The molecule has 7 nitrogen and oxygen atoms in total. The number of ether oxygens (including phenoxy) is 1. The maximum Gasteiger partial charge on any atom is 0.408 e. The van der Waals surface area contributed by atoms with Gasteiger partial charge in [0, 0.05) is 19.5 Å². The molecular formula is C28H37N3O4. The molecule has 0 aromatic heterocycles. The molecule has 0 saturated carbocycles. The van der Waals surface area contributed by atoms with Gasteiger partial charge in [-0.2, -0.15) is 0 Å². The predicted molar refractivity (Wildman–Crippen MR) is 139 cm³/mol. The Hall–Kier alpha value is -3.61. The van der Waals surface area contributed by atoms with Crippen LogP contribution in [0.2, 0.25) is 0 Å². The second-order valence-corrected chi connectivity index (χ2v) is 9.78. The molecule has 0 heterocycles. The van der Waals surface area contributed by atoms with Crippen LogP contribution in [0.3, 0.4) is 0 Å². The van der Waals surface area contributed by atoms with Crippen molar-refractivity contribution in [3.05, 3.63) is 77.9 Å². The van der Waals surface area contributed by atoms with Gasteiger partial charge in [-0.3, -0.25) is 9.59 Å². The number of nitrogens with one attached hydrogen (secondary N) is 2. The standard InChI is InChI=1S/C28H37N3O4/c1-8-20-15-12-16-22(17-20)24(25(32)29-19(2)3)31(7)26(33)23(18-21-13-10-9-11-14-21)30-27(34)35-28(4,5)6/h8-17,19,23-24H,1,18H2,2-7H3,(H,29,32)(H,30,34). The van der Waals surface area contributed by atoms with Crippen LogP contribution in [-0.2, 0) is 20.7 Å². The first-order chi connectivity index (χ1) is 16.4. The monoisotopic (exact) mass is 479 g/mol. The van der Waals surface area contributed by atoms with Gasteiger partial charge in [0.05, 0.1) is 0 Å². The largest absolute Gasteiger partial charge is 0.444 e. The summed E-state index contributed by atoms with van der Waals surface area (Å²) in [6.07, 6.45) is 1.23. The molecular weight excluding hydrogens is 442 g/mol. The van der Waals surface area contributed by atoms with Gasteiger partial charge in [0.25, 0.3) is 0 Å². The van der Waals surface area contributed by atoms with Crippen molar-refractivity contribution in [3.8, 4) is 0 Å². The van der Waals surface area contributed by atoms with Gasteiger partial charge in [-0.05, 0) is 57.4 Å². The van der Waals surface area contributed by atoms with Crippen molar-refractivity contribution in [2.24, 2.45) is 0 Å². The zero-order chi connectivity index (χ0) is 26.2. The summed E-state index contributed by atoms with van der Waals surface area (Å²) in [5, 5.41) is 5.62. The molecule has 0 spiro atoms. The van der Waals surface area contributed by atoms with E-state index >= 15 is 0 Å². The van der Waals surface area contributed by atoms with Gasteiger partial charge in [0.1, 0.15) is 17.7 Å². The fraction of sp³-hybridized carbons (Fsp3) is 0.393. The van der Waals surface area contributed by atoms with E-state index in [-0.39, 0.29) is 18.4 Å². The smallest absolute Gasteiger partial charge is 0.408 e. The molecule has 2 atom stereocenters. The second kappa shape index (κ2) is 12.2. The van der Waals surface area contributed by atoms with E-state index < -0.39 is 29.7 Å². The molecule has 0 radical (unpaired) electrons. The Morgan fingerprint density at radius 2 is 1.69 bits per heavy atom. The maximum atomic E-state index is 13.8. The summed E-state index contributed by atoms with van der Waals surface area (Å²) in [5.41, 5.74) is 1.62. The summed E-state index contributed by atoms with van der Waals surface area (Å²) < 4.78 is 5.40. The average molecular weight is 480 g/mol. The van der Waals surface area contributed by atoms with Gasteiger partial charge >= 0.3 is 6.09 Å². The highest BCUT2D eigenvalue weighted by molar-refractivity contribution is 5.92. The molecule has 0 aliphatic rings. The molecule has 0 aliphatic carbocycles. The molecule has 188 valence electrons. The fourth-order valence-electron chi connectivity index (χ4n) is 3.64. The van der Waals surface area contributed by atoms with Crippen molar-refractivity contribution in [2.75, 3.05) is 7.05 Å². The average Bonchev–Trinajstić information content (AvgIpc) is 2.77. The van der Waals surface area contributed by atoms with E-state index in [1.165, 1.54) is 4.90 Å². The minimum atomic E-state index is -0.936. The van der Waals surface area contributed by atoms with Gasteiger partial charge < -0.3 is 20.3 Å². The SMILES string of the molecule is C=Cc1cccc(C(C(=O)NC(C)C)N(C)C(=O)C(Cc2ccccc2)NC(=O)OC(C)(C)C)c1. The van der Waals surface area contributed by atoms with E-state index in [0.717, 1.165) is 11.1 Å². The number of carbonyl (C=O) groups is 3. The lowest BCUT2D eigenvalue weighted by Crippen LogP contribution is -2.53. The molecule has 35 heavy (non-hydrogen) atoms. The van der Waals surface area contributed by atoms with Crippen LogP contribution in [0.15, 0.2) is 61.2 Å². The van der Waals surface area contributed by atoms with Crippen molar-refractivity contribution in [3.63, 3.8) is 0 Å². The van der Waals surface area contributed by atoms with Gasteiger partial charge in [-0.1, -0.05) is 61.2 Å². The van der Waals surface area contributed by atoms with E-state index in [1.54, 1.807) is 40.0 Å². The third kappa shape index (κ3) is 8.59. The molecule has 0 fully saturated rings. The molecule has 0 bridgehead atoms. The van der Waals surface area contributed by atoms with Gasteiger partial charge in [0.15, 0.2) is 0 Å². The van der Waals surface area contributed by atoms with Crippen LogP contribution in [0.25, 0.3) is 6.08 Å². The number of hydrogen-bond acceptors (Lipinski definition) is 4. The number of nitrogens with zero attached hydrogens (tertiary/aromatic N) is 1. The third-order valence-corrected chi connectivity index (χ3v) is 5.15. The first-order valence-corrected chi connectivity index (χ1v) is 11.7. The van der Waals surface area contributed by atoms with Gasteiger partial charge in [-0.25, -0.2) is 4.79 Å². The molecule has 2 aromatic carbocycles. The van der Waals surface area contributed by atoms with Crippen LogP contribution in [0.1, 0.15) is 57.4 Å². The Labute approximate surface area is 208 Å². The first-order valence-electron chi connectivity index (χ1n) is 11.7. The molecule has 2 rings (SSSR count). The van der Waals surface area contributed by atoms with Crippen molar-refractivity contribution >= 4 is 24.0 Å². The van der Waals surface area contributed by atoms with E-state index in [1.807, 2.05) is 62.4 Å². The second-order valence-electron chi connectivity index (χ2n) is 9.78. The van der Waals surface area contributed by atoms with E-state index in [9.17, 15) is 14.4 Å². The highest BCUT2D eigenvalue weighted by Gasteiger charge is 2.34. The van der Waals surface area contributed by atoms with Crippen molar-refractivity contribution in [1.29, 1.82) is 0 Å². The predicted octanol–water partition coefficient (Wildman–Crippen LogP) is 4.49. The Bertz CT molecular complexity index is 1030. The van der Waals surface area contributed by atoms with Crippen molar-refractivity contribution in [1.82, 2.24) is 15.5 Å². The third-order valence-electron chi connectivity index (χ3n) is 5.15. The lowest BCUT2D eigenvalue weighted by molar-refractivity contribution is -0.141. The Kier molecular flexibility index (Phi) is 9.63. The maximum absolute atomic E-state index is 13.8. The highest BCUT2D eigenvalue weighted by atomic mass is 16.6. The number of amides is 3. The molecule has 2 aromatic rings. The van der Waals surface area contributed by atoms with Gasteiger partial charge in [0.2, 0.25) is 11.8 Å². The number of rotatable bonds is 9. The summed E-state index contributed by atoms with van der Waals surface area (Å²) in [6, 6.07) is 14.8. The number of alkyl carbamates (subject to hydrolysis) is 1. The zero-order valence-electron chi connectivity index (χ0n) is 21.5. The van der Waals surface area contributed by atoms with E-state index in [4.69, 9.17) is 4.74 Å². The van der Waals surface area contributed by atoms with E-state index in [0.29, 0.717) is 5.56 Å². The molecule has 7 heteroatoms. The minimum Gasteiger partial charge on any atom is -0.444 e. The summed E-state index contributed by atoms with van der Waals surface area (Å²) >= 11 is 0. The zero-order valence-corrected chi connectivity index (χ0v) is 21.5. The summed E-state index contributed by atoms with van der Waals surface area (Å²) in [5.74, 6) is -0.722. The lowest BCUT2D eigenvalue weighted by Gasteiger charge is -2.32. The van der Waals surface area contributed by atoms with Crippen LogP contribution in [0, 0.1) is 0 Å². The molecule has 3 amide bonds. The van der Waals surface area contributed by atoms with Crippen LogP contribution >= 0.6 is 0 Å². The normalized spacial score (nSPS) is 12.9. The van der Waals surface area contributed by atoms with Crippen LogP contribution in [0.4, 0.5) is 4.79 Å². The first kappa shape index (κ1) is 27.6.